The number of hydrogen-bond donors (Lipinski definition) is 0. The van der Waals surface area contributed by atoms with E-state index in [0.717, 1.165) is 22.4 Å². The number of nitrogens with zero attached hydrogens (tertiary/aromatic N) is 1. The van der Waals surface area contributed by atoms with Gasteiger partial charge < -0.3 is 4.74 Å². The van der Waals surface area contributed by atoms with Crippen LogP contribution in [-0.2, 0) is 0 Å². The van der Waals surface area contributed by atoms with Crippen molar-refractivity contribution in [3.8, 4) is 17.0 Å². The monoisotopic (exact) mass is 267 g/mol. The quantitative estimate of drug-likeness (QED) is 0.810. The van der Waals surface area contributed by atoms with Gasteiger partial charge in [-0.05, 0) is 55.3 Å². The lowest BCUT2D eigenvalue weighted by Crippen LogP contribution is -2.16. The van der Waals surface area contributed by atoms with Crippen LogP contribution in [0.3, 0.4) is 0 Å². The number of alkyl halides is 3. The molecule has 19 heavy (non-hydrogen) atoms. The van der Waals surface area contributed by atoms with Crippen molar-refractivity contribution in [3.05, 3.63) is 47.7 Å². The fourth-order valence-electron chi connectivity index (χ4n) is 1.61. The molecule has 0 aliphatic carbocycles. The fraction of sp³-hybridized carbons (Fsp3) is 0.214. The van der Waals surface area contributed by atoms with Crippen LogP contribution in [0.4, 0.5) is 13.2 Å². The van der Waals surface area contributed by atoms with E-state index in [9.17, 15) is 13.2 Å². The average molecular weight is 267 g/mol. The summed E-state index contributed by atoms with van der Waals surface area (Å²) in [7, 11) is 0. The minimum atomic E-state index is -4.67. The number of rotatable bonds is 2. The van der Waals surface area contributed by atoms with E-state index in [1.165, 1.54) is 12.1 Å². The van der Waals surface area contributed by atoms with Crippen molar-refractivity contribution in [2.45, 2.75) is 20.2 Å². The van der Waals surface area contributed by atoms with Crippen molar-refractivity contribution < 1.29 is 17.9 Å². The molecule has 1 aromatic heterocycles. The van der Waals surface area contributed by atoms with E-state index in [1.807, 2.05) is 19.9 Å². The molecule has 0 spiro atoms. The Morgan fingerprint density at radius 1 is 1.00 bits per heavy atom. The highest BCUT2D eigenvalue weighted by molar-refractivity contribution is 5.61. The number of pyridine rings is 1. The van der Waals surface area contributed by atoms with Gasteiger partial charge in [0.2, 0.25) is 0 Å². The highest BCUT2D eigenvalue weighted by atomic mass is 19.4. The minimum Gasteiger partial charge on any atom is -0.406 e. The van der Waals surface area contributed by atoms with E-state index in [4.69, 9.17) is 0 Å². The number of ether oxygens (including phenoxy) is 1. The first-order valence-corrected chi connectivity index (χ1v) is 5.64. The molecule has 100 valence electrons. The van der Waals surface area contributed by atoms with Crippen molar-refractivity contribution in [1.29, 1.82) is 0 Å². The smallest absolute Gasteiger partial charge is 0.406 e. The molecule has 0 radical (unpaired) electrons. The summed E-state index contributed by atoms with van der Waals surface area (Å²) < 4.78 is 39.9. The Balaban J connectivity index is 2.25. The number of aryl methyl sites for hydroxylation is 2. The highest BCUT2D eigenvalue weighted by Gasteiger charge is 2.30. The van der Waals surface area contributed by atoms with E-state index in [2.05, 4.69) is 9.72 Å². The number of aromatic nitrogens is 1. The van der Waals surface area contributed by atoms with Crippen LogP contribution in [0, 0.1) is 13.8 Å². The van der Waals surface area contributed by atoms with Gasteiger partial charge in [0.05, 0.1) is 5.69 Å². The molecule has 0 amide bonds. The van der Waals surface area contributed by atoms with Crippen molar-refractivity contribution in [2.75, 3.05) is 0 Å². The van der Waals surface area contributed by atoms with Crippen LogP contribution < -0.4 is 4.74 Å². The standard InChI is InChI=1S/C14H12F3NO/c1-9-7-13(18-8-10(9)2)11-3-5-12(6-4-11)19-14(15,16)17/h3-8H,1-2H3. The van der Waals surface area contributed by atoms with Gasteiger partial charge in [-0.3, -0.25) is 4.98 Å². The zero-order valence-corrected chi connectivity index (χ0v) is 10.5. The van der Waals surface area contributed by atoms with E-state index < -0.39 is 6.36 Å². The van der Waals surface area contributed by atoms with Crippen LogP contribution in [0.1, 0.15) is 11.1 Å². The van der Waals surface area contributed by atoms with E-state index in [-0.39, 0.29) is 5.75 Å². The Morgan fingerprint density at radius 2 is 1.63 bits per heavy atom. The van der Waals surface area contributed by atoms with Crippen LogP contribution in [-0.4, -0.2) is 11.3 Å². The second-order valence-corrected chi connectivity index (χ2v) is 4.23. The minimum absolute atomic E-state index is 0.236. The molecule has 0 fully saturated rings. The molecule has 1 heterocycles. The van der Waals surface area contributed by atoms with E-state index in [0.29, 0.717) is 0 Å². The van der Waals surface area contributed by atoms with Crippen LogP contribution in [0.15, 0.2) is 36.5 Å². The molecule has 0 saturated heterocycles. The largest absolute Gasteiger partial charge is 0.573 e. The molecule has 2 rings (SSSR count). The first-order chi connectivity index (χ1) is 8.85. The molecule has 2 aromatic rings. The third kappa shape index (κ3) is 3.47. The molecule has 0 aliphatic rings. The Bertz CT molecular complexity index is 576. The van der Waals surface area contributed by atoms with Crippen molar-refractivity contribution in [3.63, 3.8) is 0 Å². The Kier molecular flexibility index (Phi) is 3.46. The lowest BCUT2D eigenvalue weighted by Gasteiger charge is -2.09. The summed E-state index contributed by atoms with van der Waals surface area (Å²) >= 11 is 0. The first kappa shape index (κ1) is 13.4. The van der Waals surface area contributed by atoms with Gasteiger partial charge in [-0.2, -0.15) is 0 Å². The number of benzene rings is 1. The van der Waals surface area contributed by atoms with Crippen molar-refractivity contribution in [2.24, 2.45) is 0 Å². The molecule has 2 nitrogen and oxygen atoms in total. The second kappa shape index (κ2) is 4.91. The molecular formula is C14H12F3NO. The summed E-state index contributed by atoms with van der Waals surface area (Å²) in [5.74, 6) is -0.236. The average Bonchev–Trinajstić information content (AvgIpc) is 2.32. The maximum Gasteiger partial charge on any atom is 0.573 e. The van der Waals surface area contributed by atoms with E-state index >= 15 is 0 Å². The summed E-state index contributed by atoms with van der Waals surface area (Å²) in [5.41, 5.74) is 3.63. The first-order valence-electron chi connectivity index (χ1n) is 5.64. The van der Waals surface area contributed by atoms with Gasteiger partial charge in [0.25, 0.3) is 0 Å². The molecule has 0 saturated carbocycles. The lowest BCUT2D eigenvalue weighted by atomic mass is 10.1. The highest BCUT2D eigenvalue weighted by Crippen LogP contribution is 2.26. The van der Waals surface area contributed by atoms with Gasteiger partial charge in [0.15, 0.2) is 0 Å². The van der Waals surface area contributed by atoms with E-state index in [1.54, 1.807) is 18.3 Å². The van der Waals surface area contributed by atoms with Crippen LogP contribution in [0.5, 0.6) is 5.75 Å². The van der Waals surface area contributed by atoms with Gasteiger partial charge in [-0.15, -0.1) is 13.2 Å². The topological polar surface area (TPSA) is 22.1 Å². The van der Waals surface area contributed by atoms with Gasteiger partial charge >= 0.3 is 6.36 Å². The summed E-state index contributed by atoms with van der Waals surface area (Å²) in [6.45, 7) is 3.91. The predicted octanol–water partition coefficient (Wildman–Crippen LogP) is 4.26. The Morgan fingerprint density at radius 3 is 2.16 bits per heavy atom. The molecule has 0 atom stereocenters. The Hall–Kier alpha value is -2.04. The summed E-state index contributed by atoms with van der Waals surface area (Å²) in [6.07, 6.45) is -2.93. The number of hydrogen-bond acceptors (Lipinski definition) is 2. The van der Waals surface area contributed by atoms with Crippen LogP contribution in [0.2, 0.25) is 0 Å². The second-order valence-electron chi connectivity index (χ2n) is 4.23. The summed E-state index contributed by atoms with van der Waals surface area (Å²) in [4.78, 5) is 4.25. The van der Waals surface area contributed by atoms with Crippen LogP contribution in [0.25, 0.3) is 11.3 Å². The molecular weight excluding hydrogens is 255 g/mol. The number of halogens is 3. The molecule has 0 aliphatic heterocycles. The molecule has 0 N–H and O–H groups in total. The summed E-state index contributed by atoms with van der Waals surface area (Å²) in [5, 5.41) is 0. The fourth-order valence-corrected chi connectivity index (χ4v) is 1.61. The lowest BCUT2D eigenvalue weighted by molar-refractivity contribution is -0.274. The third-order valence-corrected chi connectivity index (χ3v) is 2.76. The summed E-state index contributed by atoms with van der Waals surface area (Å²) in [6, 6.07) is 7.56. The predicted molar refractivity (Wildman–Crippen MR) is 65.8 cm³/mol. The third-order valence-electron chi connectivity index (χ3n) is 2.76. The maximum atomic E-state index is 12.0. The molecule has 0 bridgehead atoms. The van der Waals surface area contributed by atoms with Crippen molar-refractivity contribution in [1.82, 2.24) is 4.98 Å². The van der Waals surface area contributed by atoms with Crippen molar-refractivity contribution >= 4 is 0 Å². The molecule has 0 unspecified atom stereocenters. The van der Waals surface area contributed by atoms with Gasteiger partial charge in [-0.25, -0.2) is 0 Å². The Labute approximate surface area is 108 Å². The molecule has 1 aromatic carbocycles. The van der Waals surface area contributed by atoms with Gasteiger partial charge in [-0.1, -0.05) is 0 Å². The maximum absolute atomic E-state index is 12.0. The van der Waals surface area contributed by atoms with Gasteiger partial charge in [0.1, 0.15) is 5.75 Å². The SMILES string of the molecule is Cc1cnc(-c2ccc(OC(F)(F)F)cc2)cc1C. The molecule has 5 heteroatoms. The normalized spacial score (nSPS) is 11.4. The van der Waals surface area contributed by atoms with Gasteiger partial charge in [0, 0.05) is 11.8 Å². The van der Waals surface area contributed by atoms with Crippen LogP contribution >= 0.6 is 0 Å². The zero-order chi connectivity index (χ0) is 14.0. The zero-order valence-electron chi connectivity index (χ0n) is 10.5.